The number of carbonyl (C=O) groups is 2. The molecule has 1 atom stereocenters. The van der Waals surface area contributed by atoms with Crippen LogP contribution in [0.15, 0.2) is 46.9 Å². The summed E-state index contributed by atoms with van der Waals surface area (Å²) in [5.74, 6) is -0.145. The lowest BCUT2D eigenvalue weighted by Gasteiger charge is -2.39. The van der Waals surface area contributed by atoms with Crippen LogP contribution in [0.25, 0.3) is 0 Å². The van der Waals surface area contributed by atoms with Crippen LogP contribution in [0, 0.1) is 13.8 Å². The van der Waals surface area contributed by atoms with E-state index in [9.17, 15) is 9.59 Å². The number of halogens is 1. The first kappa shape index (κ1) is 17.7. The minimum atomic E-state index is -0.480. The molecule has 0 aromatic heterocycles. The van der Waals surface area contributed by atoms with E-state index in [0.29, 0.717) is 18.7 Å². The Morgan fingerprint density at radius 3 is 2.36 bits per heavy atom. The van der Waals surface area contributed by atoms with E-state index >= 15 is 0 Å². The number of anilines is 1. The van der Waals surface area contributed by atoms with Gasteiger partial charge in [-0.2, -0.15) is 0 Å². The van der Waals surface area contributed by atoms with Crippen LogP contribution in [0.4, 0.5) is 5.69 Å². The molecule has 0 aliphatic carbocycles. The molecule has 0 radical (unpaired) electrons. The maximum Gasteiger partial charge on any atom is 0.254 e. The van der Waals surface area contributed by atoms with Crippen molar-refractivity contribution in [2.45, 2.75) is 26.8 Å². The number of hydrogen-bond acceptors (Lipinski definition) is 2. The second-order valence-electron chi connectivity index (χ2n) is 6.44. The van der Waals surface area contributed by atoms with Crippen LogP contribution in [0.5, 0.6) is 0 Å². The lowest BCUT2D eigenvalue weighted by Crippen LogP contribution is -2.57. The minimum absolute atomic E-state index is 0.0417. The predicted molar refractivity (Wildman–Crippen MR) is 103 cm³/mol. The lowest BCUT2D eigenvalue weighted by atomic mass is 10.1. The topological polar surface area (TPSA) is 40.6 Å². The van der Waals surface area contributed by atoms with Crippen molar-refractivity contribution in [3.05, 3.63) is 63.6 Å². The molecule has 1 aliphatic rings. The minimum Gasteiger partial charge on any atom is -0.325 e. The molecule has 0 spiro atoms. The Bertz CT molecular complexity index is 817. The van der Waals surface area contributed by atoms with Gasteiger partial charge in [-0.25, -0.2) is 0 Å². The van der Waals surface area contributed by atoms with Gasteiger partial charge in [0.15, 0.2) is 0 Å². The first-order chi connectivity index (χ1) is 11.9. The number of rotatable bonds is 2. The second-order valence-corrected chi connectivity index (χ2v) is 7.36. The number of benzene rings is 2. The summed E-state index contributed by atoms with van der Waals surface area (Å²) in [5, 5.41) is 0. The zero-order valence-corrected chi connectivity index (χ0v) is 16.2. The zero-order valence-electron chi connectivity index (χ0n) is 14.6. The molecule has 4 nitrogen and oxygen atoms in total. The maximum atomic E-state index is 12.8. The predicted octanol–water partition coefficient (Wildman–Crippen LogP) is 3.94. The van der Waals surface area contributed by atoms with Gasteiger partial charge >= 0.3 is 0 Å². The SMILES string of the molecule is Cc1ccc(N2CCN(C(=O)c3ccc(Br)cc3)[C@H](C)C2=O)cc1C. The van der Waals surface area contributed by atoms with Gasteiger partial charge in [0, 0.05) is 28.8 Å². The average molecular weight is 401 g/mol. The van der Waals surface area contributed by atoms with Gasteiger partial charge in [0.1, 0.15) is 6.04 Å². The fourth-order valence-electron chi connectivity index (χ4n) is 3.06. The summed E-state index contributed by atoms with van der Waals surface area (Å²) in [7, 11) is 0. The molecular weight excluding hydrogens is 380 g/mol. The van der Waals surface area contributed by atoms with Crippen molar-refractivity contribution >= 4 is 33.4 Å². The molecule has 2 aromatic carbocycles. The molecule has 1 aliphatic heterocycles. The third-order valence-electron chi connectivity index (χ3n) is 4.81. The van der Waals surface area contributed by atoms with E-state index in [1.54, 1.807) is 28.9 Å². The summed E-state index contributed by atoms with van der Waals surface area (Å²) in [6.45, 7) is 6.92. The van der Waals surface area contributed by atoms with E-state index in [-0.39, 0.29) is 11.8 Å². The molecule has 1 fully saturated rings. The second kappa shape index (κ2) is 7.00. The van der Waals surface area contributed by atoms with E-state index < -0.39 is 6.04 Å². The Balaban J connectivity index is 1.80. The van der Waals surface area contributed by atoms with Gasteiger partial charge in [0.2, 0.25) is 5.91 Å². The summed E-state index contributed by atoms with van der Waals surface area (Å²) < 4.78 is 0.924. The molecule has 1 saturated heterocycles. The van der Waals surface area contributed by atoms with Crippen molar-refractivity contribution in [3.63, 3.8) is 0 Å². The highest BCUT2D eigenvalue weighted by molar-refractivity contribution is 9.10. The van der Waals surface area contributed by atoms with Gasteiger partial charge in [-0.3, -0.25) is 9.59 Å². The average Bonchev–Trinajstić information content (AvgIpc) is 2.60. The summed E-state index contributed by atoms with van der Waals surface area (Å²) in [4.78, 5) is 29.0. The van der Waals surface area contributed by atoms with Crippen LogP contribution >= 0.6 is 15.9 Å². The summed E-state index contributed by atoms with van der Waals surface area (Å²) in [6, 6.07) is 12.8. The maximum absolute atomic E-state index is 12.8. The van der Waals surface area contributed by atoms with Crippen LogP contribution in [0.1, 0.15) is 28.4 Å². The molecule has 3 rings (SSSR count). The van der Waals surface area contributed by atoms with E-state index in [4.69, 9.17) is 0 Å². The molecule has 130 valence electrons. The van der Waals surface area contributed by atoms with E-state index in [1.807, 2.05) is 37.3 Å². The first-order valence-electron chi connectivity index (χ1n) is 8.33. The van der Waals surface area contributed by atoms with Gasteiger partial charge < -0.3 is 9.80 Å². The van der Waals surface area contributed by atoms with Crippen molar-refractivity contribution < 1.29 is 9.59 Å². The number of amides is 2. The summed E-state index contributed by atoms with van der Waals surface area (Å²) >= 11 is 3.37. The summed E-state index contributed by atoms with van der Waals surface area (Å²) in [5.41, 5.74) is 3.86. The molecule has 25 heavy (non-hydrogen) atoms. The smallest absolute Gasteiger partial charge is 0.254 e. The van der Waals surface area contributed by atoms with Crippen molar-refractivity contribution in [2.24, 2.45) is 0 Å². The van der Waals surface area contributed by atoms with Crippen molar-refractivity contribution in [2.75, 3.05) is 18.0 Å². The number of nitrogens with zero attached hydrogens (tertiary/aromatic N) is 2. The van der Waals surface area contributed by atoms with Gasteiger partial charge in [-0.15, -0.1) is 0 Å². The Hall–Kier alpha value is -2.14. The van der Waals surface area contributed by atoms with E-state index in [2.05, 4.69) is 22.9 Å². The largest absolute Gasteiger partial charge is 0.325 e. The quantitative estimate of drug-likeness (QED) is 0.765. The van der Waals surface area contributed by atoms with Crippen LogP contribution in [-0.2, 0) is 4.79 Å². The zero-order chi connectivity index (χ0) is 18.1. The Morgan fingerprint density at radius 2 is 1.72 bits per heavy atom. The molecule has 0 bridgehead atoms. The van der Waals surface area contributed by atoms with Crippen LogP contribution in [-0.4, -0.2) is 35.8 Å². The fraction of sp³-hybridized carbons (Fsp3) is 0.300. The Kier molecular flexibility index (Phi) is 4.95. The lowest BCUT2D eigenvalue weighted by molar-refractivity contribution is -0.124. The van der Waals surface area contributed by atoms with Crippen molar-refractivity contribution in [1.82, 2.24) is 4.90 Å². The molecule has 1 heterocycles. The highest BCUT2D eigenvalue weighted by atomic mass is 79.9. The fourth-order valence-corrected chi connectivity index (χ4v) is 3.32. The third-order valence-corrected chi connectivity index (χ3v) is 5.34. The van der Waals surface area contributed by atoms with Crippen molar-refractivity contribution in [1.29, 1.82) is 0 Å². The van der Waals surface area contributed by atoms with Gasteiger partial charge in [-0.1, -0.05) is 22.0 Å². The van der Waals surface area contributed by atoms with Gasteiger partial charge in [0.25, 0.3) is 5.91 Å². The Labute approximate surface area is 156 Å². The van der Waals surface area contributed by atoms with E-state index in [0.717, 1.165) is 15.7 Å². The third kappa shape index (κ3) is 3.47. The molecule has 2 aromatic rings. The first-order valence-corrected chi connectivity index (χ1v) is 9.13. The number of aryl methyl sites for hydroxylation is 2. The van der Waals surface area contributed by atoms with E-state index in [1.165, 1.54) is 5.56 Å². The molecule has 0 N–H and O–H groups in total. The number of carbonyl (C=O) groups excluding carboxylic acids is 2. The molecule has 0 unspecified atom stereocenters. The number of hydrogen-bond donors (Lipinski definition) is 0. The Morgan fingerprint density at radius 1 is 1.04 bits per heavy atom. The number of piperazine rings is 1. The summed E-state index contributed by atoms with van der Waals surface area (Å²) in [6.07, 6.45) is 0. The van der Waals surface area contributed by atoms with Crippen molar-refractivity contribution in [3.8, 4) is 0 Å². The van der Waals surface area contributed by atoms with Gasteiger partial charge in [-0.05, 0) is 68.3 Å². The van der Waals surface area contributed by atoms with Crippen LogP contribution < -0.4 is 4.90 Å². The standard InChI is InChI=1S/C20H21BrN2O2/c1-13-4-9-18(12-14(13)2)23-11-10-22(15(3)19(23)24)20(25)16-5-7-17(21)8-6-16/h4-9,12,15H,10-11H2,1-3H3/t15-/m1/s1. The molecular formula is C20H21BrN2O2. The monoisotopic (exact) mass is 400 g/mol. The molecule has 5 heteroatoms. The molecule has 0 saturated carbocycles. The highest BCUT2D eigenvalue weighted by Gasteiger charge is 2.35. The van der Waals surface area contributed by atoms with Gasteiger partial charge in [0.05, 0.1) is 0 Å². The molecule has 2 amide bonds. The van der Waals surface area contributed by atoms with Crippen LogP contribution in [0.2, 0.25) is 0 Å². The van der Waals surface area contributed by atoms with Crippen LogP contribution in [0.3, 0.4) is 0 Å². The highest BCUT2D eigenvalue weighted by Crippen LogP contribution is 2.24. The normalized spacial score (nSPS) is 17.8.